The summed E-state index contributed by atoms with van der Waals surface area (Å²) in [4.78, 5) is 31.5. The zero-order chi connectivity index (χ0) is 15.5. The molecule has 5 nitrogen and oxygen atoms in total. The van der Waals surface area contributed by atoms with Crippen LogP contribution in [-0.4, -0.2) is 34.3 Å². The molecule has 3 rings (SSSR count). The molecule has 22 heavy (non-hydrogen) atoms. The number of amides is 2. The van der Waals surface area contributed by atoms with E-state index in [0.717, 1.165) is 17.8 Å². The standard InChI is InChI=1S/C16H17N3O2S/c1-11-14(22-10-17-11)16(21)19-9-5-8-13(19)15(20)18-12-6-3-2-4-7-12/h2-4,6-7,10,13H,5,8-9H2,1H3,(H,18,20)/t13-/m1/s1. The molecule has 1 saturated heterocycles. The number of hydrogen-bond acceptors (Lipinski definition) is 4. The number of nitrogens with one attached hydrogen (secondary N) is 1. The Morgan fingerprint density at radius 1 is 1.32 bits per heavy atom. The first-order chi connectivity index (χ1) is 10.7. The van der Waals surface area contributed by atoms with Gasteiger partial charge in [-0.05, 0) is 31.9 Å². The maximum absolute atomic E-state index is 12.6. The number of aromatic nitrogens is 1. The van der Waals surface area contributed by atoms with Crippen LogP contribution in [0.1, 0.15) is 28.2 Å². The van der Waals surface area contributed by atoms with Gasteiger partial charge < -0.3 is 10.2 Å². The summed E-state index contributed by atoms with van der Waals surface area (Å²) in [5, 5.41) is 2.88. The molecule has 0 saturated carbocycles. The molecule has 1 aromatic heterocycles. The molecule has 2 aromatic rings. The Morgan fingerprint density at radius 3 is 2.77 bits per heavy atom. The topological polar surface area (TPSA) is 62.3 Å². The minimum Gasteiger partial charge on any atom is -0.326 e. The molecule has 114 valence electrons. The van der Waals surface area contributed by atoms with Gasteiger partial charge in [0.2, 0.25) is 5.91 Å². The molecule has 0 spiro atoms. The highest BCUT2D eigenvalue weighted by Crippen LogP contribution is 2.24. The van der Waals surface area contributed by atoms with Crippen LogP contribution in [0.5, 0.6) is 0 Å². The molecule has 6 heteroatoms. The molecule has 0 radical (unpaired) electrons. The van der Waals surface area contributed by atoms with Crippen molar-refractivity contribution in [1.82, 2.24) is 9.88 Å². The Hall–Kier alpha value is -2.21. The van der Waals surface area contributed by atoms with Crippen LogP contribution in [0.15, 0.2) is 35.8 Å². The molecule has 0 aliphatic carbocycles. The molecule has 1 aromatic carbocycles. The highest BCUT2D eigenvalue weighted by Gasteiger charge is 2.35. The van der Waals surface area contributed by atoms with E-state index in [1.54, 1.807) is 10.4 Å². The van der Waals surface area contributed by atoms with E-state index >= 15 is 0 Å². The Bertz CT molecular complexity index is 684. The summed E-state index contributed by atoms with van der Waals surface area (Å²) < 4.78 is 0. The van der Waals surface area contributed by atoms with Crippen LogP contribution < -0.4 is 5.32 Å². The largest absolute Gasteiger partial charge is 0.326 e. The highest BCUT2D eigenvalue weighted by molar-refractivity contribution is 7.11. The molecule has 2 heterocycles. The van der Waals surface area contributed by atoms with Gasteiger partial charge in [-0.1, -0.05) is 18.2 Å². The van der Waals surface area contributed by atoms with Gasteiger partial charge in [0.25, 0.3) is 5.91 Å². The number of benzene rings is 1. The lowest BCUT2D eigenvalue weighted by atomic mass is 10.2. The van der Waals surface area contributed by atoms with Gasteiger partial charge in [0.05, 0.1) is 11.2 Å². The van der Waals surface area contributed by atoms with Crippen LogP contribution in [-0.2, 0) is 4.79 Å². The zero-order valence-electron chi connectivity index (χ0n) is 12.3. The molecule has 1 N–H and O–H groups in total. The number of hydrogen-bond donors (Lipinski definition) is 1. The first kappa shape index (κ1) is 14.7. The molecule has 2 amide bonds. The number of anilines is 1. The smallest absolute Gasteiger partial charge is 0.266 e. The van der Waals surface area contributed by atoms with Crippen molar-refractivity contribution in [3.05, 3.63) is 46.4 Å². The van der Waals surface area contributed by atoms with Crippen LogP contribution in [0, 0.1) is 6.92 Å². The van der Waals surface area contributed by atoms with Crippen molar-refractivity contribution in [3.8, 4) is 0 Å². The minimum atomic E-state index is -0.408. The maximum atomic E-state index is 12.6. The van der Waals surface area contributed by atoms with Gasteiger partial charge in [0.1, 0.15) is 10.9 Å². The predicted molar refractivity (Wildman–Crippen MR) is 86.0 cm³/mol. The number of carbonyl (C=O) groups excluding carboxylic acids is 2. The summed E-state index contributed by atoms with van der Waals surface area (Å²) in [5.41, 5.74) is 3.14. The van der Waals surface area contributed by atoms with Gasteiger partial charge in [-0.25, -0.2) is 4.98 Å². The molecule has 1 fully saturated rings. The lowest BCUT2D eigenvalue weighted by Crippen LogP contribution is -2.43. The average Bonchev–Trinajstić information content (AvgIpc) is 3.16. The molecular weight excluding hydrogens is 298 g/mol. The molecule has 0 bridgehead atoms. The van der Waals surface area contributed by atoms with Crippen molar-refractivity contribution in [2.24, 2.45) is 0 Å². The van der Waals surface area contributed by atoms with Crippen molar-refractivity contribution in [1.29, 1.82) is 0 Å². The van der Waals surface area contributed by atoms with E-state index in [9.17, 15) is 9.59 Å². The van der Waals surface area contributed by atoms with Crippen molar-refractivity contribution >= 4 is 28.8 Å². The Kier molecular flexibility index (Phi) is 4.20. The Balaban J connectivity index is 1.74. The van der Waals surface area contributed by atoms with Crippen LogP contribution in [0.2, 0.25) is 0 Å². The Labute approximate surface area is 133 Å². The van der Waals surface area contributed by atoms with Crippen molar-refractivity contribution in [3.63, 3.8) is 0 Å². The number of carbonyl (C=O) groups is 2. The van der Waals surface area contributed by atoms with E-state index in [1.165, 1.54) is 11.3 Å². The first-order valence-corrected chi connectivity index (χ1v) is 8.12. The predicted octanol–water partition coefficient (Wildman–Crippen LogP) is 2.69. The maximum Gasteiger partial charge on any atom is 0.266 e. The van der Waals surface area contributed by atoms with E-state index in [2.05, 4.69) is 10.3 Å². The average molecular weight is 315 g/mol. The van der Waals surface area contributed by atoms with Gasteiger partial charge in [-0.2, -0.15) is 0 Å². The van der Waals surface area contributed by atoms with E-state index in [-0.39, 0.29) is 11.8 Å². The highest BCUT2D eigenvalue weighted by atomic mass is 32.1. The lowest BCUT2D eigenvalue weighted by molar-refractivity contribution is -0.119. The normalized spacial score (nSPS) is 17.5. The number of para-hydroxylation sites is 1. The fourth-order valence-corrected chi connectivity index (χ4v) is 3.42. The first-order valence-electron chi connectivity index (χ1n) is 7.24. The summed E-state index contributed by atoms with van der Waals surface area (Å²) in [6.07, 6.45) is 1.54. The second kappa shape index (κ2) is 6.27. The van der Waals surface area contributed by atoms with Gasteiger partial charge >= 0.3 is 0 Å². The Morgan fingerprint density at radius 2 is 2.09 bits per heavy atom. The number of thiazole rings is 1. The van der Waals surface area contributed by atoms with E-state index in [0.29, 0.717) is 17.8 Å². The van der Waals surface area contributed by atoms with Gasteiger partial charge in [0, 0.05) is 12.2 Å². The van der Waals surface area contributed by atoms with Gasteiger partial charge in [-0.3, -0.25) is 9.59 Å². The zero-order valence-corrected chi connectivity index (χ0v) is 13.1. The molecule has 1 aliphatic heterocycles. The van der Waals surface area contributed by atoms with Crippen LogP contribution in [0.25, 0.3) is 0 Å². The number of nitrogens with zero attached hydrogens (tertiary/aromatic N) is 2. The minimum absolute atomic E-state index is 0.0919. The summed E-state index contributed by atoms with van der Waals surface area (Å²) in [7, 11) is 0. The quantitative estimate of drug-likeness (QED) is 0.947. The molecule has 1 atom stereocenters. The summed E-state index contributed by atoms with van der Waals surface area (Å²) in [6, 6.07) is 8.91. The summed E-state index contributed by atoms with van der Waals surface area (Å²) in [6.45, 7) is 2.43. The third-order valence-corrected chi connectivity index (χ3v) is 4.71. The lowest BCUT2D eigenvalue weighted by Gasteiger charge is -2.23. The van der Waals surface area contributed by atoms with Gasteiger partial charge in [0.15, 0.2) is 0 Å². The SMILES string of the molecule is Cc1ncsc1C(=O)N1CCC[C@@H]1C(=O)Nc1ccccc1. The monoisotopic (exact) mass is 315 g/mol. The van der Waals surface area contributed by atoms with E-state index in [4.69, 9.17) is 0 Å². The summed E-state index contributed by atoms with van der Waals surface area (Å²) in [5.74, 6) is -0.218. The third-order valence-electron chi connectivity index (χ3n) is 3.80. The fourth-order valence-electron chi connectivity index (χ4n) is 2.67. The fraction of sp³-hybridized carbons (Fsp3) is 0.312. The van der Waals surface area contributed by atoms with Crippen LogP contribution >= 0.6 is 11.3 Å². The van der Waals surface area contributed by atoms with E-state index in [1.807, 2.05) is 37.3 Å². The number of aryl methyl sites for hydroxylation is 1. The molecule has 1 aliphatic rings. The van der Waals surface area contributed by atoms with Crippen LogP contribution in [0.4, 0.5) is 5.69 Å². The van der Waals surface area contributed by atoms with Crippen LogP contribution in [0.3, 0.4) is 0 Å². The van der Waals surface area contributed by atoms with Crippen molar-refractivity contribution in [2.45, 2.75) is 25.8 Å². The number of likely N-dealkylation sites (tertiary alicyclic amines) is 1. The second-order valence-corrected chi connectivity index (χ2v) is 6.13. The summed E-state index contributed by atoms with van der Waals surface area (Å²) >= 11 is 1.33. The number of rotatable bonds is 3. The van der Waals surface area contributed by atoms with Crippen molar-refractivity contribution < 1.29 is 9.59 Å². The van der Waals surface area contributed by atoms with Gasteiger partial charge in [-0.15, -0.1) is 11.3 Å². The second-order valence-electron chi connectivity index (χ2n) is 5.28. The van der Waals surface area contributed by atoms with E-state index < -0.39 is 6.04 Å². The third kappa shape index (κ3) is 2.87. The van der Waals surface area contributed by atoms with Crippen molar-refractivity contribution in [2.75, 3.05) is 11.9 Å². The molecular formula is C16H17N3O2S. The molecule has 0 unspecified atom stereocenters.